The number of imidazole rings is 1. The Morgan fingerprint density at radius 2 is 1.73 bits per heavy atom. The Balaban J connectivity index is 1.16. The quantitative estimate of drug-likeness (QED) is 0.166. The van der Waals surface area contributed by atoms with Crippen molar-refractivity contribution in [1.29, 1.82) is 0 Å². The van der Waals surface area contributed by atoms with Gasteiger partial charge in [0.25, 0.3) is 5.91 Å². The number of nitrogens with one attached hydrogen (secondary N) is 4. The Morgan fingerprint density at radius 3 is 2.38 bits per heavy atom. The minimum Gasteiger partial charge on any atom is -0.453 e. The molecule has 56 heavy (non-hydrogen) atoms. The summed E-state index contributed by atoms with van der Waals surface area (Å²) in [7, 11) is 2.78. The second-order valence-electron chi connectivity index (χ2n) is 13.3. The predicted octanol–water partition coefficient (Wildman–Crippen LogP) is 5.67. The number of urea groups is 1. The molecule has 0 bridgehead atoms. The first-order valence-corrected chi connectivity index (χ1v) is 18.0. The topological polar surface area (TPSA) is 174 Å². The summed E-state index contributed by atoms with van der Waals surface area (Å²) in [5, 5.41) is 7.53. The molecule has 0 radical (unpaired) electrons. The zero-order chi connectivity index (χ0) is 40.1. The van der Waals surface area contributed by atoms with E-state index in [-0.39, 0.29) is 52.3 Å². The fourth-order valence-electron chi connectivity index (χ4n) is 6.66. The van der Waals surface area contributed by atoms with Crippen LogP contribution < -0.4 is 25.6 Å². The molecule has 2 aliphatic heterocycles. The van der Waals surface area contributed by atoms with Gasteiger partial charge in [-0.05, 0) is 36.1 Å². The number of aromatic nitrogens is 3. The molecule has 2 atom stereocenters. The Hall–Kier alpha value is -6.04. The van der Waals surface area contributed by atoms with Gasteiger partial charge in [0, 0.05) is 69.4 Å². The number of alkyl halides is 3. The van der Waals surface area contributed by atoms with Gasteiger partial charge in [0.15, 0.2) is 0 Å². The molecule has 4 N–H and O–H groups in total. The van der Waals surface area contributed by atoms with Crippen molar-refractivity contribution in [2.75, 3.05) is 63.6 Å². The molecule has 2 unspecified atom stereocenters. The van der Waals surface area contributed by atoms with Crippen LogP contribution in [0.1, 0.15) is 35.6 Å². The Labute approximate surface area is 324 Å². The number of H-pyrrole nitrogens is 1. The normalized spacial score (nSPS) is 17.0. The number of piperazine rings is 1. The molecule has 6 rings (SSSR count). The van der Waals surface area contributed by atoms with Crippen LogP contribution in [0.5, 0.6) is 5.75 Å². The molecule has 2 aliphatic rings. The van der Waals surface area contributed by atoms with E-state index >= 15 is 0 Å². The summed E-state index contributed by atoms with van der Waals surface area (Å²) in [6.07, 6.45) is -2.09. The van der Waals surface area contributed by atoms with Gasteiger partial charge >= 0.3 is 18.5 Å². The smallest absolute Gasteiger partial charge is 0.453 e. The number of amides is 5. The van der Waals surface area contributed by atoms with Crippen LogP contribution in [0.3, 0.4) is 0 Å². The summed E-state index contributed by atoms with van der Waals surface area (Å²) in [6, 6.07) is 11.5. The third-order valence-corrected chi connectivity index (χ3v) is 9.78. The third-order valence-electron chi connectivity index (χ3n) is 9.46. The molecular weight excluding hydrogens is 759 g/mol. The minimum atomic E-state index is -5.05. The van der Waals surface area contributed by atoms with Crippen LogP contribution in [0.25, 0.3) is 22.4 Å². The number of halogens is 4. The SMILES string of the molecule is CNC(=O)N1CCN(c2ccc(C(=O)Nc3cc(OC(F)(F)F)c(-c4ccc(-c5c[nH]c(C6CC(C)CN6C(=O)CNC(=O)OC)n5)cc4)cc3Cl)cn2)CC1. The molecule has 2 saturated heterocycles. The Kier molecular flexibility index (Phi) is 11.9. The summed E-state index contributed by atoms with van der Waals surface area (Å²) in [5.74, 6) is -0.179. The lowest BCUT2D eigenvalue weighted by Crippen LogP contribution is -2.51. The molecule has 4 heterocycles. The number of benzene rings is 2. The number of aromatic amines is 1. The van der Waals surface area contributed by atoms with Crippen LogP contribution in [0, 0.1) is 5.92 Å². The van der Waals surface area contributed by atoms with E-state index < -0.39 is 24.1 Å². The van der Waals surface area contributed by atoms with Crippen LogP contribution in [0.4, 0.5) is 34.3 Å². The van der Waals surface area contributed by atoms with E-state index in [9.17, 15) is 32.3 Å². The van der Waals surface area contributed by atoms with Crippen molar-refractivity contribution in [3.05, 3.63) is 77.3 Å². The lowest BCUT2D eigenvalue weighted by molar-refractivity contribution is -0.274. The molecule has 5 amide bonds. The predicted molar refractivity (Wildman–Crippen MR) is 200 cm³/mol. The van der Waals surface area contributed by atoms with Crippen LogP contribution in [-0.4, -0.2) is 108 Å². The minimum absolute atomic E-state index is 0.0248. The van der Waals surface area contributed by atoms with E-state index in [0.29, 0.717) is 67.6 Å². The number of hydrogen-bond donors (Lipinski definition) is 4. The lowest BCUT2D eigenvalue weighted by Gasteiger charge is -2.35. The molecule has 0 spiro atoms. The zero-order valence-corrected chi connectivity index (χ0v) is 31.3. The van der Waals surface area contributed by atoms with Crippen molar-refractivity contribution < 1.29 is 41.8 Å². The van der Waals surface area contributed by atoms with Crippen molar-refractivity contribution in [2.45, 2.75) is 25.7 Å². The van der Waals surface area contributed by atoms with Gasteiger partial charge in [-0.1, -0.05) is 42.8 Å². The summed E-state index contributed by atoms with van der Waals surface area (Å²) in [6.45, 7) is 4.36. The number of ether oxygens (including phenoxy) is 2. The van der Waals surface area contributed by atoms with Crippen molar-refractivity contribution in [2.24, 2.45) is 5.92 Å². The zero-order valence-electron chi connectivity index (χ0n) is 30.6. The van der Waals surface area contributed by atoms with Crippen molar-refractivity contribution >= 4 is 47.0 Å². The average Bonchev–Trinajstić information content (AvgIpc) is 3.84. The standard InChI is InChI=1S/C37H39ClF3N9O6/c1-21-14-29(50(20-21)32(51)19-45-36(54)55-3)33-44-18-28(46-33)23-6-4-22(5-7-23)25-15-26(38)27(16-30(25)56-37(39,40)41)47-34(52)24-8-9-31(43-17-24)48-10-12-49(13-11-48)35(53)42-2/h4-9,15-18,21,29H,10-14,19-20H2,1-3H3,(H,42,53)(H,44,46)(H,45,54)(H,47,52). The van der Waals surface area contributed by atoms with Gasteiger partial charge in [0.1, 0.15) is 23.9 Å². The van der Waals surface area contributed by atoms with Gasteiger partial charge in [-0.3, -0.25) is 9.59 Å². The molecule has 0 aliphatic carbocycles. The first-order valence-electron chi connectivity index (χ1n) is 17.6. The third kappa shape index (κ3) is 9.24. The van der Waals surface area contributed by atoms with E-state index in [1.165, 1.54) is 25.4 Å². The van der Waals surface area contributed by atoms with Crippen molar-refractivity contribution in [3.8, 4) is 28.1 Å². The second kappa shape index (κ2) is 16.8. The van der Waals surface area contributed by atoms with E-state index in [1.54, 1.807) is 53.4 Å². The Morgan fingerprint density at radius 1 is 1.02 bits per heavy atom. The number of methoxy groups -OCH3 is 1. The number of alkyl carbamates (subject to hydrolysis) is 1. The number of carbonyl (C=O) groups excluding carboxylic acids is 4. The van der Waals surface area contributed by atoms with Gasteiger partial charge in [0.05, 0.1) is 35.1 Å². The second-order valence-corrected chi connectivity index (χ2v) is 13.7. The molecule has 2 fully saturated rings. The highest BCUT2D eigenvalue weighted by atomic mass is 35.5. The highest BCUT2D eigenvalue weighted by molar-refractivity contribution is 6.34. The average molecular weight is 798 g/mol. The lowest BCUT2D eigenvalue weighted by atomic mass is 10.0. The molecule has 296 valence electrons. The van der Waals surface area contributed by atoms with Crippen LogP contribution in [0.2, 0.25) is 5.02 Å². The number of rotatable bonds is 9. The van der Waals surface area contributed by atoms with Crippen LogP contribution >= 0.6 is 11.6 Å². The molecule has 2 aromatic heterocycles. The van der Waals surface area contributed by atoms with Gasteiger partial charge in [-0.15, -0.1) is 13.2 Å². The summed E-state index contributed by atoms with van der Waals surface area (Å²) < 4.78 is 49.9. The summed E-state index contributed by atoms with van der Waals surface area (Å²) in [5.41, 5.74) is 1.60. The van der Waals surface area contributed by atoms with Gasteiger partial charge in [-0.2, -0.15) is 0 Å². The number of anilines is 2. The van der Waals surface area contributed by atoms with Gasteiger partial charge in [0.2, 0.25) is 5.91 Å². The molecule has 4 aromatic rings. The molecular formula is C37H39ClF3N9O6. The highest BCUT2D eigenvalue weighted by Crippen LogP contribution is 2.41. The van der Waals surface area contributed by atoms with Gasteiger partial charge in [-0.25, -0.2) is 19.6 Å². The first kappa shape index (κ1) is 39.6. The van der Waals surface area contributed by atoms with E-state index in [2.05, 4.69) is 35.4 Å². The van der Waals surface area contributed by atoms with E-state index in [1.807, 2.05) is 11.8 Å². The summed E-state index contributed by atoms with van der Waals surface area (Å²) in [4.78, 5) is 67.0. The Bertz CT molecular complexity index is 2070. The maximum absolute atomic E-state index is 13.6. The highest BCUT2D eigenvalue weighted by Gasteiger charge is 2.36. The number of nitrogens with zero attached hydrogens (tertiary/aromatic N) is 5. The van der Waals surface area contributed by atoms with Crippen LogP contribution in [-0.2, 0) is 9.53 Å². The first-order chi connectivity index (χ1) is 26.7. The van der Waals surface area contributed by atoms with Crippen molar-refractivity contribution in [3.63, 3.8) is 0 Å². The molecule has 2 aromatic carbocycles. The number of hydrogen-bond acceptors (Lipinski definition) is 9. The van der Waals surface area contributed by atoms with E-state index in [4.69, 9.17) is 16.6 Å². The fraction of sp³-hybridized carbons (Fsp3) is 0.351. The molecule has 15 nitrogen and oxygen atoms in total. The van der Waals surface area contributed by atoms with Crippen LogP contribution in [0.15, 0.2) is 60.9 Å². The monoisotopic (exact) mass is 797 g/mol. The molecule has 0 saturated carbocycles. The number of pyridine rings is 1. The molecule has 19 heteroatoms. The van der Waals surface area contributed by atoms with Crippen molar-refractivity contribution in [1.82, 2.24) is 35.4 Å². The summed E-state index contributed by atoms with van der Waals surface area (Å²) >= 11 is 6.53. The fourth-order valence-corrected chi connectivity index (χ4v) is 6.87. The maximum Gasteiger partial charge on any atom is 0.573 e. The number of carbonyl (C=O) groups is 4. The van der Waals surface area contributed by atoms with Gasteiger partial charge < -0.3 is 45.1 Å². The maximum atomic E-state index is 13.6. The van der Waals surface area contributed by atoms with E-state index in [0.717, 1.165) is 6.07 Å². The largest absolute Gasteiger partial charge is 0.573 e. The number of likely N-dealkylation sites (tertiary alicyclic amines) is 1.